The van der Waals surface area contributed by atoms with Gasteiger partial charge in [-0.25, -0.2) is 0 Å². The van der Waals surface area contributed by atoms with Crippen LogP contribution in [0.2, 0.25) is 5.02 Å². The Balaban J connectivity index is 0.00000242. The van der Waals surface area contributed by atoms with E-state index in [4.69, 9.17) is 16.3 Å². The van der Waals surface area contributed by atoms with Crippen LogP contribution < -0.4 is 10.0 Å². The maximum Gasteiger partial charge on any atom is 0.190 e. The number of hydrogen-bond acceptors (Lipinski definition) is 2. The fraction of sp³-hybridized carbons (Fsp3) is 0.235. The maximum absolute atomic E-state index is 12.7. The van der Waals surface area contributed by atoms with Crippen LogP contribution in [0.4, 0.5) is 0 Å². The first-order valence-electron chi connectivity index (χ1n) is 6.65. The molecule has 0 fully saturated rings. The molecule has 2 rings (SSSR count). The van der Waals surface area contributed by atoms with Crippen molar-refractivity contribution in [2.45, 2.75) is 20.8 Å². The molecule has 2 aromatic rings. The molecule has 0 saturated heterocycles. The zero-order chi connectivity index (χ0) is 15.6. The van der Waals surface area contributed by atoms with Crippen LogP contribution in [0, 0.1) is 20.8 Å². The molecule has 2 aromatic carbocycles. The molecule has 111 valence electrons. The van der Waals surface area contributed by atoms with Crippen molar-refractivity contribution >= 4 is 49.9 Å². The monoisotopic (exact) mass is 327 g/mol. The minimum absolute atomic E-state index is 0. The van der Waals surface area contributed by atoms with Gasteiger partial charge in [0, 0.05) is 18.9 Å². The average molecular weight is 328 g/mol. The summed E-state index contributed by atoms with van der Waals surface area (Å²) in [7, 11) is 1.59. The molecule has 0 bridgehead atoms. The molecule has 22 heavy (non-hydrogen) atoms. The molecule has 1 unspecified atom stereocenters. The van der Waals surface area contributed by atoms with Gasteiger partial charge in [-0.15, -0.1) is 0 Å². The van der Waals surface area contributed by atoms with Gasteiger partial charge in [0.15, 0.2) is 5.52 Å². The van der Waals surface area contributed by atoms with Crippen molar-refractivity contribution < 1.29 is 9.53 Å². The Morgan fingerprint density at radius 2 is 1.73 bits per heavy atom. The summed E-state index contributed by atoms with van der Waals surface area (Å²) in [6, 6.07) is 9.47. The van der Waals surface area contributed by atoms with Crippen LogP contribution in [0.15, 0.2) is 30.3 Å². The van der Waals surface area contributed by atoms with Gasteiger partial charge in [-0.05, 0) is 57.9 Å². The molecular formula is C17H18ClLiO2P. The third-order valence-corrected chi connectivity index (χ3v) is 5.17. The van der Waals surface area contributed by atoms with Crippen molar-refractivity contribution in [3.63, 3.8) is 0 Å². The van der Waals surface area contributed by atoms with Crippen LogP contribution in [-0.2, 0) is 0 Å². The van der Waals surface area contributed by atoms with Crippen molar-refractivity contribution in [1.82, 2.24) is 0 Å². The SMILES string of the molecule is COc1cccc(Cl)c1C(=O)Pc1c(C)cc(C)cc1C.[Li]. The zero-order valence-electron chi connectivity index (χ0n) is 13.6. The first kappa shape index (κ1) is 19.3. The Labute approximate surface area is 150 Å². The predicted octanol–water partition coefficient (Wildman–Crippen LogP) is 4.04. The van der Waals surface area contributed by atoms with Crippen LogP contribution >= 0.6 is 20.2 Å². The Morgan fingerprint density at radius 3 is 2.27 bits per heavy atom. The molecule has 5 heteroatoms. The maximum atomic E-state index is 12.7. The van der Waals surface area contributed by atoms with E-state index in [1.807, 2.05) is 13.8 Å². The van der Waals surface area contributed by atoms with Gasteiger partial charge in [0.25, 0.3) is 0 Å². The summed E-state index contributed by atoms with van der Waals surface area (Å²) in [5.41, 5.74) is 3.98. The fourth-order valence-corrected chi connectivity index (χ4v) is 3.93. The van der Waals surface area contributed by atoms with Gasteiger partial charge in [-0.1, -0.05) is 35.4 Å². The largest absolute Gasteiger partial charge is 0.496 e. The Kier molecular flexibility index (Phi) is 7.17. The van der Waals surface area contributed by atoms with Gasteiger partial charge in [0.1, 0.15) is 5.75 Å². The standard InChI is InChI=1S/C17H18ClO2P.Li/c1-10-8-11(2)16(12(3)9-10)21-17(19)15-13(18)6-5-7-14(15)20-4;/h5-9,21H,1-4H3;. The summed E-state index contributed by atoms with van der Waals surface area (Å²) in [5.74, 6) is 0.530. The number of halogens is 1. The van der Waals surface area contributed by atoms with E-state index < -0.39 is 0 Å². The molecule has 0 amide bonds. The van der Waals surface area contributed by atoms with Gasteiger partial charge in [-0.2, -0.15) is 0 Å². The number of rotatable bonds is 4. The van der Waals surface area contributed by atoms with E-state index in [0.717, 1.165) is 16.4 Å². The van der Waals surface area contributed by atoms with E-state index in [2.05, 4.69) is 19.1 Å². The number of carbonyl (C=O) groups is 1. The van der Waals surface area contributed by atoms with Crippen molar-refractivity contribution in [3.8, 4) is 5.75 Å². The number of methoxy groups -OCH3 is 1. The summed E-state index contributed by atoms with van der Waals surface area (Å²) < 4.78 is 5.26. The van der Waals surface area contributed by atoms with E-state index in [9.17, 15) is 4.79 Å². The first-order valence-corrected chi connectivity index (χ1v) is 8.03. The van der Waals surface area contributed by atoms with Gasteiger partial charge < -0.3 is 4.74 Å². The third-order valence-electron chi connectivity index (χ3n) is 3.34. The Morgan fingerprint density at radius 1 is 1.14 bits per heavy atom. The normalized spacial score (nSPS) is 10.6. The molecule has 0 aliphatic carbocycles. The van der Waals surface area contributed by atoms with Crippen LogP contribution in [0.25, 0.3) is 0 Å². The average Bonchev–Trinajstić information content (AvgIpc) is 2.42. The molecule has 0 heterocycles. The Bertz CT molecular complexity index is 678. The molecule has 2 nitrogen and oxygen atoms in total. The van der Waals surface area contributed by atoms with Crippen LogP contribution in [0.3, 0.4) is 0 Å². The number of ether oxygens (including phenoxy) is 1. The van der Waals surface area contributed by atoms with E-state index in [1.54, 1.807) is 25.3 Å². The van der Waals surface area contributed by atoms with E-state index >= 15 is 0 Å². The van der Waals surface area contributed by atoms with E-state index in [-0.39, 0.29) is 33.0 Å². The number of aryl methyl sites for hydroxylation is 3. The summed E-state index contributed by atoms with van der Waals surface area (Å²) >= 11 is 6.18. The van der Waals surface area contributed by atoms with Crippen LogP contribution in [0.1, 0.15) is 27.0 Å². The molecule has 1 atom stereocenters. The second kappa shape index (κ2) is 8.18. The smallest absolute Gasteiger partial charge is 0.190 e. The van der Waals surface area contributed by atoms with E-state index in [0.29, 0.717) is 16.3 Å². The fourth-order valence-electron chi connectivity index (χ4n) is 2.45. The quantitative estimate of drug-likeness (QED) is 0.626. The summed E-state index contributed by atoms with van der Waals surface area (Å²) in [4.78, 5) is 12.7. The Hall–Kier alpha value is -0.773. The van der Waals surface area contributed by atoms with Gasteiger partial charge in [0.05, 0.1) is 17.7 Å². The summed E-state index contributed by atoms with van der Waals surface area (Å²) in [5, 5.41) is 1.53. The first-order chi connectivity index (χ1) is 9.93. The second-order valence-corrected chi connectivity index (χ2v) is 6.66. The number of carbonyl (C=O) groups excluding carboxylic acids is 1. The minimum atomic E-state index is 0. The molecular weight excluding hydrogens is 310 g/mol. The van der Waals surface area contributed by atoms with Crippen molar-refractivity contribution in [3.05, 3.63) is 57.6 Å². The minimum Gasteiger partial charge on any atom is -0.496 e. The number of benzene rings is 2. The molecule has 0 aliphatic heterocycles. The summed E-state index contributed by atoms with van der Waals surface area (Å²) in [6.07, 6.45) is 0. The van der Waals surface area contributed by atoms with Crippen LogP contribution in [0.5, 0.6) is 5.75 Å². The molecule has 0 aliphatic rings. The van der Waals surface area contributed by atoms with Gasteiger partial charge >= 0.3 is 0 Å². The van der Waals surface area contributed by atoms with Gasteiger partial charge in [-0.3, -0.25) is 4.79 Å². The number of hydrogen-bond donors (Lipinski definition) is 0. The van der Waals surface area contributed by atoms with E-state index in [1.165, 1.54) is 5.56 Å². The zero-order valence-corrected chi connectivity index (χ0v) is 15.3. The molecule has 0 N–H and O–H groups in total. The predicted molar refractivity (Wildman–Crippen MR) is 96.7 cm³/mol. The summed E-state index contributed by atoms with van der Waals surface area (Å²) in [6.45, 7) is 6.14. The molecule has 1 radical (unpaired) electrons. The van der Waals surface area contributed by atoms with Crippen LogP contribution in [-0.4, -0.2) is 31.5 Å². The topological polar surface area (TPSA) is 26.3 Å². The van der Waals surface area contributed by atoms with Crippen molar-refractivity contribution in [1.29, 1.82) is 0 Å². The second-order valence-electron chi connectivity index (χ2n) is 5.04. The molecule has 0 saturated carbocycles. The molecule has 0 aromatic heterocycles. The molecule has 0 spiro atoms. The third kappa shape index (κ3) is 4.15. The van der Waals surface area contributed by atoms with Crippen molar-refractivity contribution in [2.75, 3.05) is 7.11 Å². The van der Waals surface area contributed by atoms with Crippen molar-refractivity contribution in [2.24, 2.45) is 0 Å². The van der Waals surface area contributed by atoms with Gasteiger partial charge in [0.2, 0.25) is 0 Å².